The smallest absolute Gasteiger partial charge is 0.412 e. The second kappa shape index (κ2) is 15.1. The molecule has 11 heteroatoms. The van der Waals surface area contributed by atoms with E-state index in [0.29, 0.717) is 17.7 Å². The lowest BCUT2D eigenvalue weighted by molar-refractivity contribution is 0.102. The maximum atomic E-state index is 13.9. The van der Waals surface area contributed by atoms with Crippen LogP contribution in [0.1, 0.15) is 40.0 Å². The van der Waals surface area contributed by atoms with Gasteiger partial charge in [-0.25, -0.2) is 14.6 Å². The summed E-state index contributed by atoms with van der Waals surface area (Å²) in [6.45, 7) is 3.44. The highest BCUT2D eigenvalue weighted by molar-refractivity contribution is 6.11. The number of hydrogen-bond acceptors (Lipinski definition) is 8. The van der Waals surface area contributed by atoms with Crippen LogP contribution in [0.25, 0.3) is 10.9 Å². The van der Waals surface area contributed by atoms with Crippen LogP contribution in [0.2, 0.25) is 0 Å². The lowest BCUT2D eigenvalue weighted by Crippen LogP contribution is -2.48. The predicted octanol–water partition coefficient (Wildman–Crippen LogP) is 6.83. The SMILES string of the molecule is Cc1ccc2cc(NC(=O)OCc3ccccc3)c(C(=O)Nc3cnccc3N3CCCC(NC(=O)OCc4ccccc4)C3)nc2c1. The Balaban J connectivity index is 1.16. The number of anilines is 3. The molecule has 5 aromatic rings. The summed E-state index contributed by atoms with van der Waals surface area (Å²) in [6.07, 6.45) is 3.66. The number of aryl methyl sites for hydroxylation is 1. The van der Waals surface area contributed by atoms with Crippen LogP contribution >= 0.6 is 0 Å². The van der Waals surface area contributed by atoms with Crippen molar-refractivity contribution in [3.8, 4) is 0 Å². The number of fused-ring (bicyclic) bond motifs is 1. The highest BCUT2D eigenvalue weighted by Crippen LogP contribution is 2.29. The van der Waals surface area contributed by atoms with Crippen molar-refractivity contribution in [3.63, 3.8) is 0 Å². The summed E-state index contributed by atoms with van der Waals surface area (Å²) >= 11 is 0. The highest BCUT2D eigenvalue weighted by Gasteiger charge is 2.25. The molecule has 0 saturated carbocycles. The van der Waals surface area contributed by atoms with Gasteiger partial charge in [0.05, 0.1) is 28.8 Å². The number of aromatic nitrogens is 2. The number of ether oxygens (including phenoxy) is 2. The van der Waals surface area contributed by atoms with Gasteiger partial charge in [-0.3, -0.25) is 15.1 Å². The highest BCUT2D eigenvalue weighted by atomic mass is 16.6. The molecule has 3 heterocycles. The Hall–Kier alpha value is -5.97. The van der Waals surface area contributed by atoms with Crippen molar-refractivity contribution < 1.29 is 23.9 Å². The largest absolute Gasteiger partial charge is 0.445 e. The molecule has 11 nitrogen and oxygen atoms in total. The summed E-state index contributed by atoms with van der Waals surface area (Å²) in [4.78, 5) is 50.3. The number of carbonyl (C=O) groups excluding carboxylic acids is 3. The minimum absolute atomic E-state index is 0.0268. The molecule has 1 aliphatic rings. The van der Waals surface area contributed by atoms with Crippen LogP contribution in [0.15, 0.2) is 103 Å². The molecule has 1 saturated heterocycles. The van der Waals surface area contributed by atoms with Gasteiger partial charge in [-0.1, -0.05) is 72.8 Å². The van der Waals surface area contributed by atoms with Crippen molar-refractivity contribution in [1.82, 2.24) is 15.3 Å². The van der Waals surface area contributed by atoms with E-state index in [9.17, 15) is 14.4 Å². The molecule has 244 valence electrons. The molecule has 3 amide bonds. The van der Waals surface area contributed by atoms with Gasteiger partial charge >= 0.3 is 12.2 Å². The minimum Gasteiger partial charge on any atom is -0.445 e. The molecule has 1 aliphatic heterocycles. The number of pyridine rings is 2. The van der Waals surface area contributed by atoms with Crippen molar-refractivity contribution in [3.05, 3.63) is 126 Å². The maximum Gasteiger partial charge on any atom is 0.412 e. The average molecular weight is 645 g/mol. The molecule has 0 aliphatic carbocycles. The van der Waals surface area contributed by atoms with Crippen molar-refractivity contribution >= 4 is 46.1 Å². The van der Waals surface area contributed by atoms with Gasteiger partial charge in [0.25, 0.3) is 5.91 Å². The fourth-order valence-corrected chi connectivity index (χ4v) is 5.60. The first-order valence-electron chi connectivity index (χ1n) is 15.8. The van der Waals surface area contributed by atoms with Crippen LogP contribution in [-0.2, 0) is 22.7 Å². The maximum absolute atomic E-state index is 13.9. The molecule has 1 unspecified atom stereocenters. The van der Waals surface area contributed by atoms with Gasteiger partial charge in [-0.2, -0.15) is 0 Å². The molecule has 1 atom stereocenters. The summed E-state index contributed by atoms with van der Waals surface area (Å²) in [5.41, 5.74) is 4.79. The van der Waals surface area contributed by atoms with Crippen LogP contribution in [0.4, 0.5) is 26.7 Å². The number of benzene rings is 3. The van der Waals surface area contributed by atoms with Crippen molar-refractivity contribution in [2.75, 3.05) is 28.6 Å². The Bertz CT molecular complexity index is 1900. The Morgan fingerprint density at radius 2 is 1.54 bits per heavy atom. The zero-order valence-electron chi connectivity index (χ0n) is 26.5. The predicted molar refractivity (Wildman–Crippen MR) is 184 cm³/mol. The summed E-state index contributed by atoms with van der Waals surface area (Å²) in [5, 5.41) is 9.40. The summed E-state index contributed by atoms with van der Waals surface area (Å²) in [6, 6.07) is 27.9. The van der Waals surface area contributed by atoms with Crippen LogP contribution < -0.4 is 20.9 Å². The van der Waals surface area contributed by atoms with E-state index in [4.69, 9.17) is 9.47 Å². The minimum atomic E-state index is -0.711. The third-order valence-corrected chi connectivity index (χ3v) is 7.98. The Morgan fingerprint density at radius 1 is 0.833 bits per heavy atom. The summed E-state index contributed by atoms with van der Waals surface area (Å²) < 4.78 is 10.9. The van der Waals surface area contributed by atoms with Crippen LogP contribution in [-0.4, -0.2) is 47.2 Å². The molecule has 1 fully saturated rings. The molecule has 48 heavy (non-hydrogen) atoms. The average Bonchev–Trinajstić information content (AvgIpc) is 3.11. The molecule has 3 aromatic carbocycles. The molecule has 3 N–H and O–H groups in total. The molecule has 6 rings (SSSR count). The number of alkyl carbamates (subject to hydrolysis) is 1. The second-order valence-corrected chi connectivity index (χ2v) is 11.6. The zero-order valence-corrected chi connectivity index (χ0v) is 26.5. The van der Waals surface area contributed by atoms with Crippen molar-refractivity contribution in [1.29, 1.82) is 0 Å². The first-order chi connectivity index (χ1) is 23.4. The van der Waals surface area contributed by atoms with Gasteiger partial charge in [0.15, 0.2) is 5.69 Å². The molecule has 0 radical (unpaired) electrons. The van der Waals surface area contributed by atoms with Gasteiger partial charge in [0, 0.05) is 30.7 Å². The fraction of sp³-hybridized carbons (Fsp3) is 0.216. The summed E-state index contributed by atoms with van der Waals surface area (Å²) in [5.74, 6) is -0.526. The van der Waals surface area contributed by atoms with Gasteiger partial charge < -0.3 is 25.0 Å². The standard InChI is InChI=1S/C37H36N6O5/c1-25-14-15-28-20-31(42-37(46)48-24-27-11-6-3-7-12-27)34(40-30(28)19-25)35(44)41-32-21-38-17-16-33(32)43-18-8-13-29(22-43)39-36(45)47-23-26-9-4-2-5-10-26/h2-7,9-12,14-17,19-21,29H,8,13,18,22-24H2,1H3,(H,39,45)(H,41,44)(H,42,46). The number of piperidine rings is 1. The third-order valence-electron chi connectivity index (χ3n) is 7.98. The van der Waals surface area contributed by atoms with Crippen molar-refractivity contribution in [2.24, 2.45) is 0 Å². The van der Waals surface area contributed by atoms with Gasteiger partial charge in [-0.05, 0) is 54.7 Å². The number of carbonyl (C=O) groups is 3. The number of amides is 3. The van der Waals surface area contributed by atoms with E-state index < -0.39 is 18.1 Å². The monoisotopic (exact) mass is 644 g/mol. The lowest BCUT2D eigenvalue weighted by atomic mass is 10.0. The number of nitrogens with zero attached hydrogens (tertiary/aromatic N) is 3. The molecular weight excluding hydrogens is 608 g/mol. The van der Waals surface area contributed by atoms with E-state index in [1.54, 1.807) is 18.5 Å². The van der Waals surface area contributed by atoms with E-state index >= 15 is 0 Å². The van der Waals surface area contributed by atoms with Crippen LogP contribution in [0.3, 0.4) is 0 Å². The van der Waals surface area contributed by atoms with Gasteiger partial charge in [0.1, 0.15) is 13.2 Å². The quantitative estimate of drug-likeness (QED) is 0.159. The first kappa shape index (κ1) is 32.0. The first-order valence-corrected chi connectivity index (χ1v) is 15.8. The van der Waals surface area contributed by atoms with E-state index in [1.807, 2.05) is 91.9 Å². The third kappa shape index (κ3) is 8.24. The van der Waals surface area contributed by atoms with E-state index in [0.717, 1.165) is 47.2 Å². The molecule has 0 bridgehead atoms. The second-order valence-electron chi connectivity index (χ2n) is 11.6. The van der Waals surface area contributed by atoms with Gasteiger partial charge in [-0.15, -0.1) is 0 Å². The van der Waals surface area contributed by atoms with Gasteiger partial charge in [0.2, 0.25) is 0 Å². The van der Waals surface area contributed by atoms with Crippen LogP contribution in [0, 0.1) is 6.92 Å². The lowest BCUT2D eigenvalue weighted by Gasteiger charge is -2.35. The van der Waals surface area contributed by atoms with Crippen LogP contribution in [0.5, 0.6) is 0 Å². The number of hydrogen-bond donors (Lipinski definition) is 3. The fourth-order valence-electron chi connectivity index (χ4n) is 5.60. The van der Waals surface area contributed by atoms with E-state index in [1.165, 1.54) is 0 Å². The molecular formula is C37H36N6O5. The van der Waals surface area contributed by atoms with Crippen molar-refractivity contribution in [2.45, 2.75) is 39.0 Å². The zero-order chi connectivity index (χ0) is 33.3. The number of rotatable bonds is 9. The summed E-state index contributed by atoms with van der Waals surface area (Å²) in [7, 11) is 0. The Labute approximate surface area is 278 Å². The normalized spacial score (nSPS) is 14.2. The molecule has 0 spiro atoms. The number of nitrogens with one attached hydrogen (secondary N) is 3. The Morgan fingerprint density at radius 3 is 2.27 bits per heavy atom. The topological polar surface area (TPSA) is 135 Å². The van der Waals surface area contributed by atoms with E-state index in [2.05, 4.69) is 30.8 Å². The molecule has 2 aromatic heterocycles. The van der Waals surface area contributed by atoms with E-state index in [-0.39, 0.29) is 30.6 Å². The Kier molecular flexibility index (Phi) is 10.0.